The predicted molar refractivity (Wildman–Crippen MR) is 104 cm³/mol. The lowest BCUT2D eigenvalue weighted by Gasteiger charge is -2.12. The molecule has 0 aliphatic carbocycles. The Balaban J connectivity index is 1.48. The van der Waals surface area contributed by atoms with Crippen LogP contribution >= 0.6 is 0 Å². The van der Waals surface area contributed by atoms with E-state index in [0.29, 0.717) is 12.1 Å². The van der Waals surface area contributed by atoms with Crippen molar-refractivity contribution >= 4 is 5.69 Å². The fraction of sp³-hybridized carbons (Fsp3) is 0.200. The summed E-state index contributed by atoms with van der Waals surface area (Å²) >= 11 is 0. The molecule has 0 fully saturated rings. The van der Waals surface area contributed by atoms with Crippen molar-refractivity contribution in [2.45, 2.75) is 13.0 Å². The molecule has 4 aromatic rings. The molecule has 0 aliphatic heterocycles. The minimum Gasteiger partial charge on any atom is -0.415 e. The largest absolute Gasteiger partial charge is 0.415 e. The van der Waals surface area contributed by atoms with Crippen LogP contribution in [0.1, 0.15) is 17.9 Å². The van der Waals surface area contributed by atoms with Crippen LogP contribution in [0.25, 0.3) is 22.7 Å². The Morgan fingerprint density at radius 1 is 1.00 bits per heavy atom. The molecule has 0 amide bonds. The van der Waals surface area contributed by atoms with Gasteiger partial charge in [-0.15, -0.1) is 15.3 Å². The third-order valence-corrected chi connectivity index (χ3v) is 4.37. The van der Waals surface area contributed by atoms with Gasteiger partial charge in [0.15, 0.2) is 0 Å². The van der Waals surface area contributed by atoms with Gasteiger partial charge in [0.1, 0.15) is 5.69 Å². The van der Waals surface area contributed by atoms with Gasteiger partial charge in [-0.05, 0) is 29.8 Å². The summed E-state index contributed by atoms with van der Waals surface area (Å²) < 4.78 is 31.9. The standard InChI is InChI=1S/C20H18F2N6O/c1-27(2)16-5-3-4-15(10-16)17-12-28(26-23-17)11-13-6-8-14(9-7-13)19-24-25-20(29-19)18(21)22/h3-10,12,18H,11H2,1-2H3. The number of hydrogen-bond acceptors (Lipinski definition) is 6. The number of rotatable bonds is 6. The van der Waals surface area contributed by atoms with Crippen molar-refractivity contribution in [3.63, 3.8) is 0 Å². The van der Waals surface area contributed by atoms with Crippen LogP contribution in [-0.4, -0.2) is 39.3 Å². The Labute approximate surface area is 165 Å². The van der Waals surface area contributed by atoms with E-state index >= 15 is 0 Å². The lowest BCUT2D eigenvalue weighted by atomic mass is 10.1. The van der Waals surface area contributed by atoms with E-state index in [0.717, 1.165) is 22.5 Å². The minimum absolute atomic E-state index is 0.0654. The number of aromatic nitrogens is 5. The quantitative estimate of drug-likeness (QED) is 0.490. The molecule has 148 valence electrons. The van der Waals surface area contributed by atoms with Gasteiger partial charge in [-0.25, -0.2) is 4.68 Å². The maximum absolute atomic E-state index is 12.6. The smallest absolute Gasteiger partial charge is 0.314 e. The first-order chi connectivity index (χ1) is 14.0. The van der Waals surface area contributed by atoms with Gasteiger partial charge in [-0.1, -0.05) is 29.5 Å². The summed E-state index contributed by atoms with van der Waals surface area (Å²) in [4.78, 5) is 2.03. The predicted octanol–water partition coefficient (Wildman–Crippen LogP) is 4.05. The highest BCUT2D eigenvalue weighted by molar-refractivity contribution is 5.64. The van der Waals surface area contributed by atoms with Gasteiger partial charge < -0.3 is 9.32 Å². The molecule has 29 heavy (non-hydrogen) atoms. The van der Waals surface area contributed by atoms with Gasteiger partial charge >= 0.3 is 6.43 Å². The molecule has 2 aromatic carbocycles. The summed E-state index contributed by atoms with van der Waals surface area (Å²) in [5.74, 6) is -0.617. The van der Waals surface area contributed by atoms with Crippen LogP contribution in [0.3, 0.4) is 0 Å². The molecule has 2 aromatic heterocycles. The molecule has 0 N–H and O–H groups in total. The molecule has 0 atom stereocenters. The van der Waals surface area contributed by atoms with E-state index < -0.39 is 12.3 Å². The fourth-order valence-corrected chi connectivity index (χ4v) is 2.83. The number of alkyl halides is 2. The average Bonchev–Trinajstić information content (AvgIpc) is 3.39. The molecule has 9 heteroatoms. The van der Waals surface area contributed by atoms with Gasteiger partial charge in [0.05, 0.1) is 12.7 Å². The Hall–Kier alpha value is -3.62. The number of anilines is 1. The van der Waals surface area contributed by atoms with Crippen LogP contribution in [0, 0.1) is 0 Å². The first kappa shape index (κ1) is 18.7. The molecule has 0 spiro atoms. The second kappa shape index (κ2) is 7.78. The number of benzene rings is 2. The maximum atomic E-state index is 12.6. The van der Waals surface area contributed by atoms with E-state index in [1.165, 1.54) is 0 Å². The van der Waals surface area contributed by atoms with Crippen molar-refractivity contribution in [3.8, 4) is 22.7 Å². The van der Waals surface area contributed by atoms with E-state index in [1.54, 1.807) is 16.8 Å². The van der Waals surface area contributed by atoms with Crippen molar-refractivity contribution in [2.24, 2.45) is 0 Å². The Morgan fingerprint density at radius 2 is 1.79 bits per heavy atom. The molecule has 0 aliphatic rings. The lowest BCUT2D eigenvalue weighted by molar-refractivity contribution is 0.116. The molecule has 4 rings (SSSR count). The van der Waals surface area contributed by atoms with Crippen LogP contribution in [0.4, 0.5) is 14.5 Å². The SMILES string of the molecule is CN(C)c1cccc(-c2cn(Cc3ccc(-c4nnc(C(F)F)o4)cc3)nn2)c1. The molecule has 7 nitrogen and oxygen atoms in total. The van der Waals surface area contributed by atoms with Crippen molar-refractivity contribution in [1.29, 1.82) is 0 Å². The second-order valence-corrected chi connectivity index (χ2v) is 6.69. The number of halogens is 2. The minimum atomic E-state index is -2.78. The number of hydrogen-bond donors (Lipinski definition) is 0. The maximum Gasteiger partial charge on any atom is 0.314 e. The Morgan fingerprint density at radius 3 is 2.48 bits per heavy atom. The molecule has 0 bridgehead atoms. The summed E-state index contributed by atoms with van der Waals surface area (Å²) in [5, 5.41) is 15.4. The lowest BCUT2D eigenvalue weighted by Crippen LogP contribution is -2.08. The average molecular weight is 396 g/mol. The highest BCUT2D eigenvalue weighted by Crippen LogP contribution is 2.24. The molecular weight excluding hydrogens is 378 g/mol. The summed E-state index contributed by atoms with van der Waals surface area (Å²) in [6.07, 6.45) is -0.897. The van der Waals surface area contributed by atoms with Crippen molar-refractivity contribution in [2.75, 3.05) is 19.0 Å². The molecule has 2 heterocycles. The van der Waals surface area contributed by atoms with Crippen LogP contribution < -0.4 is 4.90 Å². The molecular formula is C20H18F2N6O. The summed E-state index contributed by atoms with van der Waals surface area (Å²) in [6.45, 7) is 0.521. The van der Waals surface area contributed by atoms with Gasteiger partial charge in [0, 0.05) is 30.9 Å². The van der Waals surface area contributed by atoms with Crippen molar-refractivity contribution in [1.82, 2.24) is 25.2 Å². The molecule has 0 unspecified atom stereocenters. The van der Waals surface area contributed by atoms with Gasteiger partial charge in [0.2, 0.25) is 5.89 Å². The third-order valence-electron chi connectivity index (χ3n) is 4.37. The van der Waals surface area contributed by atoms with Crippen LogP contribution in [0.15, 0.2) is 59.1 Å². The van der Waals surface area contributed by atoms with E-state index in [1.807, 2.05) is 55.5 Å². The topological polar surface area (TPSA) is 72.9 Å². The summed E-state index contributed by atoms with van der Waals surface area (Å²) in [6, 6.07) is 15.3. The first-order valence-corrected chi connectivity index (χ1v) is 8.88. The van der Waals surface area contributed by atoms with E-state index in [2.05, 4.69) is 26.6 Å². The monoisotopic (exact) mass is 396 g/mol. The highest BCUT2D eigenvalue weighted by atomic mass is 19.3. The zero-order chi connectivity index (χ0) is 20.4. The zero-order valence-electron chi connectivity index (χ0n) is 15.8. The van der Waals surface area contributed by atoms with Crippen LogP contribution in [-0.2, 0) is 6.54 Å². The first-order valence-electron chi connectivity index (χ1n) is 8.88. The molecule has 0 radical (unpaired) electrons. The molecule has 0 saturated heterocycles. The van der Waals surface area contributed by atoms with E-state index in [-0.39, 0.29) is 5.89 Å². The highest BCUT2D eigenvalue weighted by Gasteiger charge is 2.17. The number of nitrogens with zero attached hydrogens (tertiary/aromatic N) is 6. The van der Waals surface area contributed by atoms with E-state index in [9.17, 15) is 8.78 Å². The van der Waals surface area contributed by atoms with Gasteiger partial charge in [-0.2, -0.15) is 8.78 Å². The summed E-state index contributed by atoms with van der Waals surface area (Å²) in [5.41, 5.74) is 4.41. The Kier molecular flexibility index (Phi) is 5.03. The van der Waals surface area contributed by atoms with Crippen LogP contribution in [0.5, 0.6) is 0 Å². The molecule has 0 saturated carbocycles. The van der Waals surface area contributed by atoms with Gasteiger partial charge in [-0.3, -0.25) is 0 Å². The van der Waals surface area contributed by atoms with Crippen molar-refractivity contribution < 1.29 is 13.2 Å². The Bertz CT molecular complexity index is 1100. The summed E-state index contributed by atoms with van der Waals surface area (Å²) in [7, 11) is 3.98. The fourth-order valence-electron chi connectivity index (χ4n) is 2.83. The van der Waals surface area contributed by atoms with E-state index in [4.69, 9.17) is 4.42 Å². The third kappa shape index (κ3) is 4.13. The zero-order valence-corrected chi connectivity index (χ0v) is 15.8. The normalized spacial score (nSPS) is 11.2. The second-order valence-electron chi connectivity index (χ2n) is 6.69. The van der Waals surface area contributed by atoms with Gasteiger partial charge in [0.25, 0.3) is 5.89 Å². The van der Waals surface area contributed by atoms with Crippen LogP contribution in [0.2, 0.25) is 0 Å². The van der Waals surface area contributed by atoms with Crippen molar-refractivity contribution in [3.05, 3.63) is 66.2 Å².